The Balaban J connectivity index is 1.51. The normalized spacial score (nSPS) is 11.1. The minimum Gasteiger partial charge on any atom is -0.436 e. The van der Waals surface area contributed by atoms with Gasteiger partial charge in [0.25, 0.3) is 0 Å². The first-order chi connectivity index (χ1) is 12.8. The molecule has 1 heterocycles. The minimum absolute atomic E-state index is 0.632. The minimum atomic E-state index is 0.632. The van der Waals surface area contributed by atoms with Crippen LogP contribution < -0.4 is 0 Å². The number of hydrogen-bond acceptors (Lipinski definition) is 2. The van der Waals surface area contributed by atoms with Crippen LogP contribution in [0.25, 0.3) is 34.9 Å². The van der Waals surface area contributed by atoms with E-state index in [4.69, 9.17) is 4.42 Å². The lowest BCUT2D eigenvalue weighted by atomic mass is 10.1. The van der Waals surface area contributed by atoms with Crippen molar-refractivity contribution in [3.8, 4) is 22.8 Å². The first-order valence-electron chi connectivity index (χ1n) is 8.33. The number of nitrogens with zero attached hydrogens (tertiary/aromatic N) is 1. The summed E-state index contributed by atoms with van der Waals surface area (Å²) in [7, 11) is 0. The first-order valence-corrected chi connectivity index (χ1v) is 9.12. The van der Waals surface area contributed by atoms with Gasteiger partial charge < -0.3 is 4.42 Å². The molecule has 0 aliphatic carbocycles. The van der Waals surface area contributed by atoms with Gasteiger partial charge in [0.1, 0.15) is 0 Å². The van der Waals surface area contributed by atoms with Gasteiger partial charge in [0.2, 0.25) is 5.89 Å². The molecular formula is C23H16BrNO. The van der Waals surface area contributed by atoms with Crippen molar-refractivity contribution >= 4 is 28.1 Å². The molecule has 2 nitrogen and oxygen atoms in total. The van der Waals surface area contributed by atoms with Crippen LogP contribution in [0.3, 0.4) is 0 Å². The monoisotopic (exact) mass is 401 g/mol. The second kappa shape index (κ2) is 7.54. The first kappa shape index (κ1) is 16.6. The van der Waals surface area contributed by atoms with Gasteiger partial charge in [0.15, 0.2) is 5.76 Å². The van der Waals surface area contributed by atoms with Crippen LogP contribution in [0.1, 0.15) is 11.1 Å². The fourth-order valence-corrected chi connectivity index (χ4v) is 2.91. The zero-order valence-electron chi connectivity index (χ0n) is 14.0. The number of halogens is 1. The van der Waals surface area contributed by atoms with Crippen LogP contribution in [0.4, 0.5) is 0 Å². The number of rotatable bonds is 4. The molecule has 0 aliphatic heterocycles. The van der Waals surface area contributed by atoms with Gasteiger partial charge in [-0.2, -0.15) is 0 Å². The van der Waals surface area contributed by atoms with Gasteiger partial charge in [-0.3, -0.25) is 0 Å². The zero-order chi connectivity index (χ0) is 17.8. The molecule has 3 aromatic carbocycles. The molecule has 0 unspecified atom stereocenters. The Labute approximate surface area is 161 Å². The Kier molecular flexibility index (Phi) is 4.80. The summed E-state index contributed by atoms with van der Waals surface area (Å²) in [6.45, 7) is 0. The van der Waals surface area contributed by atoms with Gasteiger partial charge in [-0.15, -0.1) is 0 Å². The molecule has 4 rings (SSSR count). The fraction of sp³-hybridized carbons (Fsp3) is 0. The molecule has 26 heavy (non-hydrogen) atoms. The van der Waals surface area contributed by atoms with Crippen molar-refractivity contribution in [1.82, 2.24) is 4.98 Å². The van der Waals surface area contributed by atoms with Crippen molar-refractivity contribution in [1.29, 1.82) is 0 Å². The average Bonchev–Trinajstić information content (AvgIpc) is 3.19. The molecule has 0 amide bonds. The van der Waals surface area contributed by atoms with Gasteiger partial charge in [-0.05, 0) is 35.4 Å². The Morgan fingerprint density at radius 1 is 0.692 bits per heavy atom. The van der Waals surface area contributed by atoms with E-state index in [-0.39, 0.29) is 0 Å². The van der Waals surface area contributed by atoms with Crippen molar-refractivity contribution in [2.45, 2.75) is 0 Å². The van der Waals surface area contributed by atoms with Crippen LogP contribution in [-0.4, -0.2) is 4.98 Å². The molecular weight excluding hydrogens is 386 g/mol. The molecule has 0 atom stereocenters. The summed E-state index contributed by atoms with van der Waals surface area (Å²) in [6, 6.07) is 26.4. The third-order valence-electron chi connectivity index (χ3n) is 4.06. The third-order valence-corrected chi connectivity index (χ3v) is 4.59. The van der Waals surface area contributed by atoms with Crippen LogP contribution in [0, 0.1) is 0 Å². The highest BCUT2D eigenvalue weighted by atomic mass is 79.9. The standard InChI is InChI=1S/C23H16BrNO/c24-21-14-10-18(11-15-21)7-6-17-8-12-20(13-9-17)23-25-16-22(26-23)19-4-2-1-3-5-19/h1-16H. The number of benzene rings is 3. The Morgan fingerprint density at radius 3 is 1.96 bits per heavy atom. The Hall–Kier alpha value is -2.91. The van der Waals surface area contributed by atoms with E-state index in [0.717, 1.165) is 32.5 Å². The second-order valence-electron chi connectivity index (χ2n) is 5.90. The van der Waals surface area contributed by atoms with E-state index in [1.54, 1.807) is 6.20 Å². The van der Waals surface area contributed by atoms with Crippen molar-refractivity contribution in [2.24, 2.45) is 0 Å². The van der Waals surface area contributed by atoms with Crippen LogP contribution in [0.15, 0.2) is 93.9 Å². The summed E-state index contributed by atoms with van der Waals surface area (Å²) in [6.07, 6.45) is 5.96. The van der Waals surface area contributed by atoms with Gasteiger partial charge in [0.05, 0.1) is 6.20 Å². The van der Waals surface area contributed by atoms with Gasteiger partial charge in [-0.1, -0.05) is 82.7 Å². The lowest BCUT2D eigenvalue weighted by Gasteiger charge is -1.99. The molecule has 0 aliphatic rings. The lowest BCUT2D eigenvalue weighted by Crippen LogP contribution is -1.78. The molecule has 4 aromatic rings. The summed E-state index contributed by atoms with van der Waals surface area (Å²) < 4.78 is 6.99. The summed E-state index contributed by atoms with van der Waals surface area (Å²) in [4.78, 5) is 4.41. The highest BCUT2D eigenvalue weighted by molar-refractivity contribution is 9.10. The van der Waals surface area contributed by atoms with Gasteiger partial charge in [0, 0.05) is 15.6 Å². The van der Waals surface area contributed by atoms with E-state index in [1.807, 2.05) is 54.6 Å². The van der Waals surface area contributed by atoms with E-state index >= 15 is 0 Å². The second-order valence-corrected chi connectivity index (χ2v) is 6.82. The van der Waals surface area contributed by atoms with Crippen molar-refractivity contribution in [3.05, 3.63) is 101 Å². The van der Waals surface area contributed by atoms with E-state index in [2.05, 4.69) is 57.3 Å². The van der Waals surface area contributed by atoms with Gasteiger partial charge in [-0.25, -0.2) is 4.98 Å². The van der Waals surface area contributed by atoms with E-state index in [0.29, 0.717) is 5.89 Å². The maximum atomic E-state index is 5.90. The zero-order valence-corrected chi connectivity index (χ0v) is 15.6. The smallest absolute Gasteiger partial charge is 0.226 e. The van der Waals surface area contributed by atoms with Gasteiger partial charge >= 0.3 is 0 Å². The Bertz CT molecular complexity index is 1020. The largest absolute Gasteiger partial charge is 0.436 e. The molecule has 0 fully saturated rings. The average molecular weight is 402 g/mol. The quantitative estimate of drug-likeness (QED) is 0.346. The summed E-state index contributed by atoms with van der Waals surface area (Å²) in [5.41, 5.74) is 4.29. The van der Waals surface area contributed by atoms with Crippen LogP contribution >= 0.6 is 15.9 Å². The summed E-state index contributed by atoms with van der Waals surface area (Å²) >= 11 is 3.45. The highest BCUT2D eigenvalue weighted by Gasteiger charge is 2.07. The van der Waals surface area contributed by atoms with Crippen LogP contribution in [-0.2, 0) is 0 Å². The molecule has 1 aromatic heterocycles. The number of aromatic nitrogens is 1. The van der Waals surface area contributed by atoms with Crippen molar-refractivity contribution < 1.29 is 4.42 Å². The predicted molar refractivity (Wildman–Crippen MR) is 110 cm³/mol. The molecule has 0 bridgehead atoms. The van der Waals surface area contributed by atoms with E-state index in [9.17, 15) is 0 Å². The SMILES string of the molecule is Brc1ccc(C=Cc2ccc(-c3ncc(-c4ccccc4)o3)cc2)cc1. The lowest BCUT2D eigenvalue weighted by molar-refractivity contribution is 0.589. The number of hydrogen-bond donors (Lipinski definition) is 0. The molecule has 3 heteroatoms. The molecule has 0 radical (unpaired) electrons. The highest BCUT2D eigenvalue weighted by Crippen LogP contribution is 2.26. The van der Waals surface area contributed by atoms with E-state index in [1.165, 1.54) is 0 Å². The van der Waals surface area contributed by atoms with Crippen LogP contribution in [0.5, 0.6) is 0 Å². The maximum absolute atomic E-state index is 5.90. The fourth-order valence-electron chi connectivity index (χ4n) is 2.65. The maximum Gasteiger partial charge on any atom is 0.226 e. The Morgan fingerprint density at radius 2 is 1.31 bits per heavy atom. The third kappa shape index (κ3) is 3.84. The molecule has 0 saturated heterocycles. The van der Waals surface area contributed by atoms with E-state index < -0.39 is 0 Å². The molecule has 0 saturated carbocycles. The molecule has 126 valence electrons. The summed E-state index contributed by atoms with van der Waals surface area (Å²) in [5, 5.41) is 0. The number of oxazole rings is 1. The molecule has 0 N–H and O–H groups in total. The predicted octanol–water partition coefficient (Wildman–Crippen LogP) is 6.94. The van der Waals surface area contributed by atoms with Crippen molar-refractivity contribution in [3.63, 3.8) is 0 Å². The topological polar surface area (TPSA) is 26.0 Å². The van der Waals surface area contributed by atoms with Crippen LogP contribution in [0.2, 0.25) is 0 Å². The molecule has 0 spiro atoms. The summed E-state index contributed by atoms with van der Waals surface area (Å²) in [5.74, 6) is 1.41. The van der Waals surface area contributed by atoms with Crippen molar-refractivity contribution in [2.75, 3.05) is 0 Å².